The molecule has 148 valence electrons. The lowest BCUT2D eigenvalue weighted by molar-refractivity contribution is -0.170. The van der Waals surface area contributed by atoms with Crippen molar-refractivity contribution in [1.82, 2.24) is 5.32 Å². The summed E-state index contributed by atoms with van der Waals surface area (Å²) in [5, 5.41) is 2.99. The molecule has 2 rings (SSSR count). The van der Waals surface area contributed by atoms with Gasteiger partial charge in [0.15, 0.2) is 0 Å². The number of hydrogen-bond acceptors (Lipinski definition) is 4. The van der Waals surface area contributed by atoms with Crippen molar-refractivity contribution < 1.29 is 14.3 Å². The van der Waals surface area contributed by atoms with Gasteiger partial charge in [0.1, 0.15) is 11.3 Å². The van der Waals surface area contributed by atoms with Gasteiger partial charge in [0, 0.05) is 30.6 Å². The molecule has 1 aliphatic rings. The van der Waals surface area contributed by atoms with Gasteiger partial charge in [-0.2, -0.15) is 0 Å². The molecule has 2 unspecified atom stereocenters. The van der Waals surface area contributed by atoms with Crippen LogP contribution in [0.3, 0.4) is 0 Å². The Bertz CT molecular complexity index is 606. The maximum Gasteiger partial charge on any atom is 0.241 e. The summed E-state index contributed by atoms with van der Waals surface area (Å²) in [5.41, 5.74) is 6.09. The van der Waals surface area contributed by atoms with Crippen molar-refractivity contribution in [2.75, 3.05) is 13.2 Å². The third-order valence-corrected chi connectivity index (χ3v) is 5.22. The normalized spacial score (nSPS) is 23.7. The van der Waals surface area contributed by atoms with Gasteiger partial charge in [-0.05, 0) is 18.9 Å². The molecular weight excluding hydrogens is 352 g/mol. The summed E-state index contributed by atoms with van der Waals surface area (Å²) in [6.07, 6.45) is 0.570. The molecule has 1 aromatic carbocycles. The predicted molar refractivity (Wildman–Crippen MR) is 107 cm³/mol. The molecule has 1 amide bonds. The van der Waals surface area contributed by atoms with Crippen LogP contribution in [0.1, 0.15) is 46.6 Å². The van der Waals surface area contributed by atoms with Gasteiger partial charge in [-0.15, -0.1) is 12.4 Å². The standard InChI is InChI=1S/C20H32N2O3.ClH/c1-6-24-17-11-20(21,19(17,4)5)18(23)22-12-15-9-7-8-10-16(15)25-13-14(2)3;/h7-10,14,17H,6,11-13,21H2,1-5H3,(H,22,23);1H. The van der Waals surface area contributed by atoms with E-state index in [2.05, 4.69) is 19.2 Å². The molecule has 0 aromatic heterocycles. The van der Waals surface area contributed by atoms with Gasteiger partial charge in [-0.25, -0.2) is 0 Å². The molecule has 2 atom stereocenters. The minimum absolute atomic E-state index is 0. The highest BCUT2D eigenvalue weighted by atomic mass is 35.5. The van der Waals surface area contributed by atoms with E-state index in [1.165, 1.54) is 0 Å². The van der Waals surface area contributed by atoms with Crippen LogP contribution in [0.4, 0.5) is 0 Å². The van der Waals surface area contributed by atoms with Crippen molar-refractivity contribution in [2.45, 2.75) is 59.2 Å². The SMILES string of the molecule is CCOC1CC(N)(C(=O)NCc2ccccc2OCC(C)C)C1(C)C.Cl. The van der Waals surface area contributed by atoms with E-state index >= 15 is 0 Å². The van der Waals surface area contributed by atoms with Gasteiger partial charge in [-0.3, -0.25) is 4.79 Å². The number of nitrogens with two attached hydrogens (primary N) is 1. The number of rotatable bonds is 8. The largest absolute Gasteiger partial charge is 0.493 e. The Kier molecular flexibility index (Phi) is 7.93. The molecule has 1 fully saturated rings. The molecule has 6 heteroatoms. The van der Waals surface area contributed by atoms with E-state index in [-0.39, 0.29) is 29.8 Å². The average Bonchev–Trinajstić information content (AvgIpc) is 2.58. The van der Waals surface area contributed by atoms with Crippen molar-refractivity contribution in [1.29, 1.82) is 0 Å². The lowest BCUT2D eigenvalue weighted by Crippen LogP contribution is -2.75. The number of nitrogens with one attached hydrogen (secondary N) is 1. The van der Waals surface area contributed by atoms with E-state index in [1.54, 1.807) is 0 Å². The molecule has 0 saturated heterocycles. The van der Waals surface area contributed by atoms with Gasteiger partial charge < -0.3 is 20.5 Å². The fraction of sp³-hybridized carbons (Fsp3) is 0.650. The molecule has 0 heterocycles. The molecule has 5 nitrogen and oxygen atoms in total. The number of benzene rings is 1. The Morgan fingerprint density at radius 2 is 2.00 bits per heavy atom. The number of carbonyl (C=O) groups excluding carboxylic acids is 1. The highest BCUT2D eigenvalue weighted by Gasteiger charge is 2.62. The zero-order valence-electron chi connectivity index (χ0n) is 16.5. The van der Waals surface area contributed by atoms with Crippen molar-refractivity contribution in [2.24, 2.45) is 17.1 Å². The van der Waals surface area contributed by atoms with Crippen LogP contribution in [0.25, 0.3) is 0 Å². The Balaban J connectivity index is 0.00000338. The third-order valence-electron chi connectivity index (χ3n) is 5.22. The molecule has 0 radical (unpaired) electrons. The number of hydrogen-bond donors (Lipinski definition) is 2. The first kappa shape index (κ1) is 22.7. The maximum absolute atomic E-state index is 12.7. The fourth-order valence-electron chi connectivity index (χ4n) is 3.20. The first-order valence-corrected chi connectivity index (χ1v) is 9.11. The zero-order chi connectivity index (χ0) is 18.7. The highest BCUT2D eigenvalue weighted by Crippen LogP contribution is 2.49. The minimum Gasteiger partial charge on any atom is -0.493 e. The van der Waals surface area contributed by atoms with Crippen molar-refractivity contribution in [3.05, 3.63) is 29.8 Å². The van der Waals surface area contributed by atoms with Crippen molar-refractivity contribution in [3.8, 4) is 5.75 Å². The number of para-hydroxylation sites is 1. The Morgan fingerprint density at radius 3 is 2.58 bits per heavy atom. The van der Waals surface area contributed by atoms with Gasteiger partial charge in [-0.1, -0.05) is 45.9 Å². The van der Waals surface area contributed by atoms with Crippen molar-refractivity contribution in [3.63, 3.8) is 0 Å². The topological polar surface area (TPSA) is 73.6 Å². The molecule has 0 aliphatic heterocycles. The van der Waals surface area contributed by atoms with Crippen LogP contribution in [0.2, 0.25) is 0 Å². The van der Waals surface area contributed by atoms with Crippen LogP contribution in [-0.4, -0.2) is 30.8 Å². The molecule has 3 N–H and O–H groups in total. The summed E-state index contributed by atoms with van der Waals surface area (Å²) >= 11 is 0. The number of carbonyl (C=O) groups is 1. The van der Waals surface area contributed by atoms with E-state index in [4.69, 9.17) is 15.2 Å². The first-order chi connectivity index (χ1) is 11.7. The van der Waals surface area contributed by atoms with Crippen LogP contribution in [0.15, 0.2) is 24.3 Å². The van der Waals surface area contributed by atoms with Crippen LogP contribution in [0.5, 0.6) is 5.75 Å². The first-order valence-electron chi connectivity index (χ1n) is 9.11. The van der Waals surface area contributed by atoms with E-state index in [9.17, 15) is 4.79 Å². The van der Waals surface area contributed by atoms with E-state index in [0.717, 1.165) is 11.3 Å². The smallest absolute Gasteiger partial charge is 0.241 e. The zero-order valence-corrected chi connectivity index (χ0v) is 17.3. The predicted octanol–water partition coefficient (Wildman–Crippen LogP) is 3.29. The number of halogens is 1. The molecule has 26 heavy (non-hydrogen) atoms. The summed E-state index contributed by atoms with van der Waals surface area (Å²) in [6, 6.07) is 7.78. The summed E-state index contributed by atoms with van der Waals surface area (Å²) in [6.45, 7) is 11.8. The fourth-order valence-corrected chi connectivity index (χ4v) is 3.20. The lowest BCUT2D eigenvalue weighted by atomic mass is 9.54. The summed E-state index contributed by atoms with van der Waals surface area (Å²) < 4.78 is 11.5. The van der Waals surface area contributed by atoms with E-state index in [1.807, 2.05) is 45.0 Å². The second-order valence-corrected chi connectivity index (χ2v) is 7.84. The van der Waals surface area contributed by atoms with Gasteiger partial charge in [0.05, 0.1) is 12.7 Å². The third kappa shape index (κ3) is 4.51. The minimum atomic E-state index is -0.902. The van der Waals surface area contributed by atoms with Crippen LogP contribution >= 0.6 is 12.4 Å². The molecule has 1 aromatic rings. The Morgan fingerprint density at radius 1 is 1.35 bits per heavy atom. The molecular formula is C20H33ClN2O3. The Hall–Kier alpha value is -1.30. The van der Waals surface area contributed by atoms with Crippen molar-refractivity contribution >= 4 is 18.3 Å². The summed E-state index contributed by atoms with van der Waals surface area (Å²) in [7, 11) is 0. The maximum atomic E-state index is 12.7. The summed E-state index contributed by atoms with van der Waals surface area (Å²) in [4.78, 5) is 12.7. The quantitative estimate of drug-likeness (QED) is 0.721. The van der Waals surface area contributed by atoms with Gasteiger partial charge in [0.25, 0.3) is 0 Å². The lowest BCUT2D eigenvalue weighted by Gasteiger charge is -2.57. The van der Waals surface area contributed by atoms with Gasteiger partial charge >= 0.3 is 0 Å². The number of ether oxygens (including phenoxy) is 2. The van der Waals surface area contributed by atoms with Crippen LogP contribution in [-0.2, 0) is 16.1 Å². The Labute approximate surface area is 163 Å². The highest BCUT2D eigenvalue weighted by molar-refractivity contribution is 5.88. The summed E-state index contributed by atoms with van der Waals surface area (Å²) in [5.74, 6) is 1.12. The van der Waals surface area contributed by atoms with E-state index < -0.39 is 5.54 Å². The van der Waals surface area contributed by atoms with Gasteiger partial charge in [0.2, 0.25) is 5.91 Å². The second-order valence-electron chi connectivity index (χ2n) is 7.84. The van der Waals surface area contributed by atoms with Crippen LogP contribution in [0, 0.1) is 11.3 Å². The molecule has 1 saturated carbocycles. The average molecular weight is 385 g/mol. The number of amides is 1. The van der Waals surface area contributed by atoms with E-state index in [0.29, 0.717) is 32.1 Å². The second kappa shape index (κ2) is 9.07. The monoisotopic (exact) mass is 384 g/mol. The molecule has 0 spiro atoms. The molecule has 1 aliphatic carbocycles. The molecule has 0 bridgehead atoms. The van der Waals surface area contributed by atoms with Crippen LogP contribution < -0.4 is 15.8 Å².